The van der Waals surface area contributed by atoms with E-state index in [1.807, 2.05) is 24.3 Å². The highest BCUT2D eigenvalue weighted by Gasteiger charge is 2.14. The van der Waals surface area contributed by atoms with Crippen LogP contribution in [0.15, 0.2) is 48.5 Å². The number of rotatable bonds is 8. The summed E-state index contributed by atoms with van der Waals surface area (Å²) < 4.78 is 0. The summed E-state index contributed by atoms with van der Waals surface area (Å²) in [5.41, 5.74) is 7.75. The zero-order valence-electron chi connectivity index (χ0n) is 12.8. The van der Waals surface area contributed by atoms with Crippen LogP contribution in [-0.2, 0) is 13.0 Å². The van der Waals surface area contributed by atoms with E-state index < -0.39 is 4.92 Å². The molecule has 2 aromatic rings. The summed E-state index contributed by atoms with van der Waals surface area (Å²) in [4.78, 5) is 12.7. The van der Waals surface area contributed by atoms with Crippen LogP contribution in [0.3, 0.4) is 0 Å². The monoisotopic (exact) mass is 333 g/mol. The van der Waals surface area contributed by atoms with E-state index in [0.717, 1.165) is 25.1 Å². The van der Waals surface area contributed by atoms with Gasteiger partial charge in [-0.1, -0.05) is 48.0 Å². The van der Waals surface area contributed by atoms with Gasteiger partial charge in [0.15, 0.2) is 0 Å². The third kappa shape index (κ3) is 5.32. The molecule has 0 saturated heterocycles. The molecule has 0 aliphatic heterocycles. The van der Waals surface area contributed by atoms with Crippen molar-refractivity contribution in [1.82, 2.24) is 4.90 Å². The third-order valence-corrected chi connectivity index (χ3v) is 3.94. The Morgan fingerprint density at radius 2 is 1.83 bits per heavy atom. The summed E-state index contributed by atoms with van der Waals surface area (Å²) in [5, 5.41) is 11.1. The Bertz CT molecular complexity index is 650. The normalized spacial score (nSPS) is 10.9. The van der Waals surface area contributed by atoms with E-state index in [0.29, 0.717) is 13.1 Å². The lowest BCUT2D eigenvalue weighted by Gasteiger charge is -2.21. The standard InChI is InChI=1S/C17H20ClN3O2/c18-16-7-6-15(12-17(16)21(22)23)13-20(11-9-19)10-8-14-4-2-1-3-5-14/h1-7,12H,8-11,13,19H2. The molecule has 0 aliphatic carbocycles. The molecule has 0 bridgehead atoms. The molecule has 0 heterocycles. The van der Waals surface area contributed by atoms with Crippen LogP contribution in [0.1, 0.15) is 11.1 Å². The Morgan fingerprint density at radius 1 is 1.09 bits per heavy atom. The predicted octanol–water partition coefficient (Wildman–Crippen LogP) is 3.25. The molecule has 0 atom stereocenters. The van der Waals surface area contributed by atoms with Crippen molar-refractivity contribution in [3.05, 3.63) is 74.8 Å². The van der Waals surface area contributed by atoms with Gasteiger partial charge in [0.2, 0.25) is 0 Å². The van der Waals surface area contributed by atoms with Crippen LogP contribution < -0.4 is 5.73 Å². The Labute approximate surface area is 140 Å². The van der Waals surface area contributed by atoms with Crippen molar-refractivity contribution in [3.63, 3.8) is 0 Å². The van der Waals surface area contributed by atoms with Crippen molar-refractivity contribution in [2.75, 3.05) is 19.6 Å². The first-order chi connectivity index (χ1) is 11.1. The second-order valence-electron chi connectivity index (χ2n) is 5.34. The van der Waals surface area contributed by atoms with E-state index in [1.165, 1.54) is 11.6 Å². The topological polar surface area (TPSA) is 72.4 Å². The number of nitrogens with two attached hydrogens (primary N) is 1. The molecule has 5 nitrogen and oxygen atoms in total. The maximum absolute atomic E-state index is 11.0. The van der Waals surface area contributed by atoms with Crippen molar-refractivity contribution in [2.24, 2.45) is 5.73 Å². The largest absolute Gasteiger partial charge is 0.329 e. The highest BCUT2D eigenvalue weighted by Crippen LogP contribution is 2.25. The van der Waals surface area contributed by atoms with E-state index in [1.54, 1.807) is 6.07 Å². The van der Waals surface area contributed by atoms with Crippen LogP contribution in [0, 0.1) is 10.1 Å². The zero-order chi connectivity index (χ0) is 16.7. The first-order valence-corrected chi connectivity index (χ1v) is 7.87. The van der Waals surface area contributed by atoms with Crippen molar-refractivity contribution in [3.8, 4) is 0 Å². The molecule has 0 saturated carbocycles. The van der Waals surface area contributed by atoms with E-state index in [9.17, 15) is 10.1 Å². The summed E-state index contributed by atoms with van der Waals surface area (Å²) >= 11 is 5.85. The van der Waals surface area contributed by atoms with Gasteiger partial charge in [0.1, 0.15) is 5.02 Å². The second kappa shape index (κ2) is 8.62. The molecule has 122 valence electrons. The van der Waals surface area contributed by atoms with Crippen LogP contribution in [0.4, 0.5) is 5.69 Å². The van der Waals surface area contributed by atoms with Gasteiger partial charge in [-0.25, -0.2) is 0 Å². The Hall–Kier alpha value is -1.95. The quantitative estimate of drug-likeness (QED) is 0.594. The summed E-state index contributed by atoms with van der Waals surface area (Å²) in [6, 6.07) is 15.1. The molecular weight excluding hydrogens is 314 g/mol. The summed E-state index contributed by atoms with van der Waals surface area (Å²) in [7, 11) is 0. The lowest BCUT2D eigenvalue weighted by Crippen LogP contribution is -2.31. The van der Waals surface area contributed by atoms with Crippen molar-refractivity contribution in [1.29, 1.82) is 0 Å². The number of halogens is 1. The maximum atomic E-state index is 11.0. The molecule has 0 spiro atoms. The summed E-state index contributed by atoms with van der Waals surface area (Å²) in [6.45, 7) is 2.74. The zero-order valence-corrected chi connectivity index (χ0v) is 13.6. The number of hydrogen-bond donors (Lipinski definition) is 1. The van der Waals surface area contributed by atoms with Crippen molar-refractivity contribution < 1.29 is 4.92 Å². The van der Waals surface area contributed by atoms with Gasteiger partial charge in [-0.2, -0.15) is 0 Å². The van der Waals surface area contributed by atoms with Crippen molar-refractivity contribution in [2.45, 2.75) is 13.0 Å². The molecule has 6 heteroatoms. The van der Waals surface area contributed by atoms with Gasteiger partial charge in [-0.15, -0.1) is 0 Å². The fourth-order valence-electron chi connectivity index (χ4n) is 2.44. The molecule has 2 N–H and O–H groups in total. The van der Waals surface area contributed by atoms with E-state index in [-0.39, 0.29) is 10.7 Å². The molecule has 23 heavy (non-hydrogen) atoms. The summed E-state index contributed by atoms with van der Waals surface area (Å²) in [6.07, 6.45) is 0.913. The van der Waals surface area contributed by atoms with Gasteiger partial charge in [0.25, 0.3) is 5.69 Å². The Kier molecular flexibility index (Phi) is 6.52. The van der Waals surface area contributed by atoms with Crippen LogP contribution in [0.2, 0.25) is 5.02 Å². The fraction of sp³-hybridized carbons (Fsp3) is 0.294. The van der Waals surface area contributed by atoms with E-state index in [2.05, 4.69) is 17.0 Å². The number of nitro benzene ring substituents is 1. The van der Waals surface area contributed by atoms with E-state index in [4.69, 9.17) is 17.3 Å². The lowest BCUT2D eigenvalue weighted by molar-refractivity contribution is -0.384. The molecule has 0 fully saturated rings. The molecule has 0 radical (unpaired) electrons. The average molecular weight is 334 g/mol. The minimum absolute atomic E-state index is 0.0556. The third-order valence-electron chi connectivity index (χ3n) is 3.62. The maximum Gasteiger partial charge on any atom is 0.288 e. The van der Waals surface area contributed by atoms with Gasteiger partial charge in [-0.3, -0.25) is 15.0 Å². The van der Waals surface area contributed by atoms with Crippen LogP contribution in [0.5, 0.6) is 0 Å². The van der Waals surface area contributed by atoms with Crippen LogP contribution in [-0.4, -0.2) is 29.5 Å². The molecule has 0 amide bonds. The number of benzene rings is 2. The minimum Gasteiger partial charge on any atom is -0.329 e. The van der Waals surface area contributed by atoms with Crippen molar-refractivity contribution >= 4 is 17.3 Å². The van der Waals surface area contributed by atoms with Gasteiger partial charge in [0.05, 0.1) is 4.92 Å². The first-order valence-electron chi connectivity index (χ1n) is 7.49. The molecular formula is C17H20ClN3O2. The van der Waals surface area contributed by atoms with Crippen LogP contribution >= 0.6 is 11.6 Å². The molecule has 0 unspecified atom stereocenters. The molecule has 2 aromatic carbocycles. The average Bonchev–Trinajstić information content (AvgIpc) is 2.55. The molecule has 2 rings (SSSR count). The highest BCUT2D eigenvalue weighted by atomic mass is 35.5. The van der Waals surface area contributed by atoms with E-state index >= 15 is 0 Å². The Morgan fingerprint density at radius 3 is 2.48 bits per heavy atom. The second-order valence-corrected chi connectivity index (χ2v) is 5.75. The molecule has 0 aliphatic rings. The van der Waals surface area contributed by atoms with Gasteiger partial charge < -0.3 is 5.73 Å². The number of hydrogen-bond acceptors (Lipinski definition) is 4. The first kappa shape index (κ1) is 17.4. The van der Waals surface area contributed by atoms with Gasteiger partial charge >= 0.3 is 0 Å². The number of nitro groups is 1. The molecule has 0 aromatic heterocycles. The Balaban J connectivity index is 2.04. The highest BCUT2D eigenvalue weighted by molar-refractivity contribution is 6.32. The number of nitrogens with zero attached hydrogens (tertiary/aromatic N) is 2. The predicted molar refractivity (Wildman–Crippen MR) is 92.6 cm³/mol. The van der Waals surface area contributed by atoms with Gasteiger partial charge in [0, 0.05) is 32.2 Å². The lowest BCUT2D eigenvalue weighted by atomic mass is 10.1. The van der Waals surface area contributed by atoms with Gasteiger partial charge in [-0.05, 0) is 23.6 Å². The minimum atomic E-state index is -0.455. The smallest absolute Gasteiger partial charge is 0.288 e. The van der Waals surface area contributed by atoms with Crippen LogP contribution in [0.25, 0.3) is 0 Å². The fourth-order valence-corrected chi connectivity index (χ4v) is 2.63. The summed E-state index contributed by atoms with van der Waals surface area (Å²) in [5.74, 6) is 0. The SMILES string of the molecule is NCCN(CCc1ccccc1)Cc1ccc(Cl)c([N+](=O)[O-])c1.